The number of hydrogen-bond donors (Lipinski definition) is 0. The van der Waals surface area contributed by atoms with Crippen LogP contribution < -0.4 is 0 Å². The summed E-state index contributed by atoms with van der Waals surface area (Å²) in [6.07, 6.45) is 1.75. The molecule has 0 radical (unpaired) electrons. The molecule has 0 amide bonds. The molecule has 0 aliphatic heterocycles. The van der Waals surface area contributed by atoms with E-state index in [4.69, 9.17) is 4.84 Å². The Bertz CT molecular complexity index is 324. The molecule has 82 valence electrons. The molecule has 1 aromatic carbocycles. The molecule has 1 rings (SSSR count). The zero-order valence-electron chi connectivity index (χ0n) is 9.33. The maximum Gasteiger partial charge on any atom is 0.142 e. The molecular formula is C12H16FNO. The van der Waals surface area contributed by atoms with E-state index in [-0.39, 0.29) is 11.2 Å². The lowest BCUT2D eigenvalue weighted by Gasteiger charge is -2.09. The molecule has 2 nitrogen and oxygen atoms in total. The van der Waals surface area contributed by atoms with Crippen molar-refractivity contribution in [1.82, 2.24) is 0 Å². The molecule has 0 saturated heterocycles. The monoisotopic (exact) mass is 209 g/mol. The van der Waals surface area contributed by atoms with Gasteiger partial charge in [-0.3, -0.25) is 0 Å². The minimum Gasteiger partial charge on any atom is -0.391 e. The summed E-state index contributed by atoms with van der Waals surface area (Å²) in [7, 11) is 0. The minimum absolute atomic E-state index is 0.0167. The molecule has 0 aliphatic carbocycles. The third kappa shape index (κ3) is 5.15. The van der Waals surface area contributed by atoms with Crippen molar-refractivity contribution in [3.05, 3.63) is 35.6 Å². The standard InChI is InChI=1S/C12H16FNO/c1-12(2,3)9-14-15-8-10-4-6-11(13)7-5-10/h4-7,9H,8H2,1-3H3. The summed E-state index contributed by atoms with van der Waals surface area (Å²) in [6.45, 7) is 6.49. The predicted octanol–water partition coefficient (Wildman–Crippen LogP) is 3.37. The van der Waals surface area contributed by atoms with Crippen LogP contribution in [0.3, 0.4) is 0 Å². The zero-order valence-corrected chi connectivity index (χ0v) is 9.33. The van der Waals surface area contributed by atoms with Crippen molar-refractivity contribution in [2.75, 3.05) is 0 Å². The quantitative estimate of drug-likeness (QED) is 0.552. The fourth-order valence-electron chi connectivity index (χ4n) is 0.888. The van der Waals surface area contributed by atoms with Gasteiger partial charge >= 0.3 is 0 Å². The van der Waals surface area contributed by atoms with Crippen molar-refractivity contribution in [2.24, 2.45) is 10.6 Å². The Hall–Kier alpha value is -1.38. The van der Waals surface area contributed by atoms with Crippen molar-refractivity contribution in [3.63, 3.8) is 0 Å². The first-order chi connectivity index (χ1) is 6.97. The fraction of sp³-hybridized carbons (Fsp3) is 0.417. The molecular weight excluding hydrogens is 193 g/mol. The van der Waals surface area contributed by atoms with E-state index in [1.807, 2.05) is 20.8 Å². The lowest BCUT2D eigenvalue weighted by molar-refractivity contribution is 0.129. The fourth-order valence-corrected chi connectivity index (χ4v) is 0.888. The van der Waals surface area contributed by atoms with E-state index in [9.17, 15) is 4.39 Å². The van der Waals surface area contributed by atoms with Crippen molar-refractivity contribution in [2.45, 2.75) is 27.4 Å². The molecule has 0 bridgehead atoms. The highest BCUT2D eigenvalue weighted by atomic mass is 19.1. The number of nitrogens with zero attached hydrogens (tertiary/aromatic N) is 1. The van der Waals surface area contributed by atoms with E-state index in [1.165, 1.54) is 12.1 Å². The molecule has 0 heterocycles. The van der Waals surface area contributed by atoms with Gasteiger partial charge in [-0.15, -0.1) is 0 Å². The van der Waals surface area contributed by atoms with Crippen molar-refractivity contribution < 1.29 is 9.23 Å². The highest BCUT2D eigenvalue weighted by Gasteiger charge is 2.04. The third-order valence-electron chi connectivity index (χ3n) is 1.66. The second-order valence-electron chi connectivity index (χ2n) is 4.50. The van der Waals surface area contributed by atoms with Crippen LogP contribution in [0.2, 0.25) is 0 Å². The molecule has 0 unspecified atom stereocenters. The summed E-state index contributed by atoms with van der Waals surface area (Å²) in [5, 5.41) is 3.84. The Morgan fingerprint density at radius 2 is 1.87 bits per heavy atom. The Kier molecular flexibility index (Phi) is 3.83. The van der Waals surface area contributed by atoms with Crippen LogP contribution in [0, 0.1) is 11.2 Å². The number of benzene rings is 1. The molecule has 0 atom stereocenters. The van der Waals surface area contributed by atoms with E-state index in [1.54, 1.807) is 18.3 Å². The van der Waals surface area contributed by atoms with E-state index in [0.717, 1.165) is 5.56 Å². The van der Waals surface area contributed by atoms with Crippen LogP contribution in [0.5, 0.6) is 0 Å². The van der Waals surface area contributed by atoms with Gasteiger partial charge in [-0.05, 0) is 17.7 Å². The molecule has 0 aliphatic rings. The first kappa shape index (κ1) is 11.7. The SMILES string of the molecule is CC(C)(C)C=NOCc1ccc(F)cc1. The van der Waals surface area contributed by atoms with Gasteiger partial charge in [0.15, 0.2) is 0 Å². The van der Waals surface area contributed by atoms with E-state index < -0.39 is 0 Å². The van der Waals surface area contributed by atoms with Gasteiger partial charge in [0.2, 0.25) is 0 Å². The lowest BCUT2D eigenvalue weighted by atomic mass is 10.00. The number of oxime groups is 1. The molecule has 0 N–H and O–H groups in total. The van der Waals surface area contributed by atoms with Crippen LogP contribution >= 0.6 is 0 Å². The Balaban J connectivity index is 2.38. The number of hydrogen-bond acceptors (Lipinski definition) is 2. The molecule has 0 aromatic heterocycles. The Labute approximate surface area is 89.7 Å². The summed E-state index contributed by atoms with van der Waals surface area (Å²) >= 11 is 0. The van der Waals surface area contributed by atoms with E-state index >= 15 is 0 Å². The smallest absolute Gasteiger partial charge is 0.142 e. The molecule has 0 fully saturated rings. The molecule has 3 heteroatoms. The second kappa shape index (κ2) is 4.91. The summed E-state index contributed by atoms with van der Waals surface area (Å²) < 4.78 is 12.6. The van der Waals surface area contributed by atoms with Gasteiger partial charge in [0.1, 0.15) is 12.4 Å². The topological polar surface area (TPSA) is 21.6 Å². The average molecular weight is 209 g/mol. The van der Waals surface area contributed by atoms with Crippen LogP contribution in [0.15, 0.2) is 29.4 Å². The van der Waals surface area contributed by atoms with Crippen LogP contribution in [-0.2, 0) is 11.4 Å². The molecule has 15 heavy (non-hydrogen) atoms. The van der Waals surface area contributed by atoms with Gasteiger partial charge < -0.3 is 4.84 Å². The first-order valence-corrected chi connectivity index (χ1v) is 4.88. The van der Waals surface area contributed by atoms with Gasteiger partial charge in [-0.1, -0.05) is 38.1 Å². The number of halogens is 1. The molecule has 0 spiro atoms. The summed E-state index contributed by atoms with van der Waals surface area (Å²) in [6, 6.07) is 6.18. The average Bonchev–Trinajstić information content (AvgIpc) is 2.14. The maximum absolute atomic E-state index is 12.6. The normalized spacial score (nSPS) is 12.0. The van der Waals surface area contributed by atoms with Gasteiger partial charge in [-0.25, -0.2) is 4.39 Å². The summed E-state index contributed by atoms with van der Waals surface area (Å²) in [5.74, 6) is -0.239. The zero-order chi connectivity index (χ0) is 11.3. The maximum atomic E-state index is 12.6. The van der Waals surface area contributed by atoms with Gasteiger partial charge in [0.05, 0.1) is 0 Å². The van der Waals surface area contributed by atoms with Gasteiger partial charge in [0.25, 0.3) is 0 Å². The molecule has 0 saturated carbocycles. The van der Waals surface area contributed by atoms with Crippen LogP contribution in [0.25, 0.3) is 0 Å². The number of rotatable bonds is 3. The van der Waals surface area contributed by atoms with Gasteiger partial charge in [0, 0.05) is 11.6 Å². The van der Waals surface area contributed by atoms with Crippen molar-refractivity contribution in [1.29, 1.82) is 0 Å². The van der Waals surface area contributed by atoms with Gasteiger partial charge in [-0.2, -0.15) is 0 Å². The van der Waals surface area contributed by atoms with Crippen LogP contribution in [0.4, 0.5) is 4.39 Å². The van der Waals surface area contributed by atoms with Crippen LogP contribution in [0.1, 0.15) is 26.3 Å². The summed E-state index contributed by atoms with van der Waals surface area (Å²) in [4.78, 5) is 5.08. The first-order valence-electron chi connectivity index (χ1n) is 4.88. The highest BCUT2D eigenvalue weighted by Crippen LogP contribution is 2.09. The Morgan fingerprint density at radius 1 is 1.27 bits per heavy atom. The van der Waals surface area contributed by atoms with Crippen LogP contribution in [-0.4, -0.2) is 6.21 Å². The highest BCUT2D eigenvalue weighted by molar-refractivity contribution is 5.63. The third-order valence-corrected chi connectivity index (χ3v) is 1.66. The second-order valence-corrected chi connectivity index (χ2v) is 4.50. The predicted molar refractivity (Wildman–Crippen MR) is 59.1 cm³/mol. The van der Waals surface area contributed by atoms with Crippen molar-refractivity contribution >= 4 is 6.21 Å². The van der Waals surface area contributed by atoms with Crippen molar-refractivity contribution in [3.8, 4) is 0 Å². The minimum atomic E-state index is -0.239. The molecule has 1 aromatic rings. The van der Waals surface area contributed by atoms with E-state index in [2.05, 4.69) is 5.16 Å². The van der Waals surface area contributed by atoms with E-state index in [0.29, 0.717) is 6.61 Å². The largest absolute Gasteiger partial charge is 0.391 e. The summed E-state index contributed by atoms with van der Waals surface area (Å²) in [5.41, 5.74) is 0.922. The Morgan fingerprint density at radius 3 is 2.40 bits per heavy atom. The lowest BCUT2D eigenvalue weighted by Crippen LogP contribution is -2.06.